The fourth-order valence-corrected chi connectivity index (χ4v) is 1.48. The molecule has 0 saturated heterocycles. The van der Waals surface area contributed by atoms with E-state index in [1.54, 1.807) is 7.11 Å². The van der Waals surface area contributed by atoms with Gasteiger partial charge >= 0.3 is 0 Å². The van der Waals surface area contributed by atoms with Crippen molar-refractivity contribution < 1.29 is 9.26 Å². The maximum Gasteiger partial charge on any atom is 0.240 e. The molecular formula is C12H24N4O2. The molecule has 0 aliphatic heterocycles. The van der Waals surface area contributed by atoms with Crippen LogP contribution in [0.1, 0.15) is 39.4 Å². The van der Waals surface area contributed by atoms with Crippen LogP contribution in [0.25, 0.3) is 0 Å². The normalized spacial score (nSPS) is 12.7. The zero-order valence-electron chi connectivity index (χ0n) is 11.9. The van der Waals surface area contributed by atoms with E-state index in [0.29, 0.717) is 30.9 Å². The summed E-state index contributed by atoms with van der Waals surface area (Å²) < 4.78 is 10.3. The van der Waals surface area contributed by atoms with Gasteiger partial charge in [0.2, 0.25) is 5.89 Å². The van der Waals surface area contributed by atoms with Gasteiger partial charge in [0.25, 0.3) is 0 Å². The standard InChI is InChI=1S/C12H24N4O2/c1-9(2)16(6-7-17-5)8-10-14-11(15-18-10)12(3,4)13/h9H,6-8,13H2,1-5H3. The van der Waals surface area contributed by atoms with Crippen LogP contribution in [0.5, 0.6) is 0 Å². The van der Waals surface area contributed by atoms with E-state index in [9.17, 15) is 0 Å². The number of nitrogens with zero attached hydrogens (tertiary/aromatic N) is 3. The van der Waals surface area contributed by atoms with Gasteiger partial charge in [0, 0.05) is 19.7 Å². The van der Waals surface area contributed by atoms with Crippen molar-refractivity contribution in [3.8, 4) is 0 Å². The lowest BCUT2D eigenvalue weighted by Crippen LogP contribution is -2.33. The third-order valence-corrected chi connectivity index (χ3v) is 2.70. The summed E-state index contributed by atoms with van der Waals surface area (Å²) in [5.74, 6) is 1.13. The fraction of sp³-hybridized carbons (Fsp3) is 0.833. The summed E-state index contributed by atoms with van der Waals surface area (Å²) in [4.78, 5) is 6.54. The Morgan fingerprint density at radius 3 is 2.56 bits per heavy atom. The Morgan fingerprint density at radius 1 is 1.44 bits per heavy atom. The van der Waals surface area contributed by atoms with E-state index in [4.69, 9.17) is 15.0 Å². The van der Waals surface area contributed by atoms with Crippen molar-refractivity contribution in [1.82, 2.24) is 15.0 Å². The minimum absolute atomic E-state index is 0.390. The predicted octanol–water partition coefficient (Wildman–Crippen LogP) is 1.12. The Balaban J connectivity index is 2.66. The number of hydrogen-bond acceptors (Lipinski definition) is 6. The van der Waals surface area contributed by atoms with Crippen LogP contribution in [0.4, 0.5) is 0 Å². The van der Waals surface area contributed by atoms with Crippen molar-refractivity contribution in [2.24, 2.45) is 5.73 Å². The van der Waals surface area contributed by atoms with Crippen molar-refractivity contribution in [3.63, 3.8) is 0 Å². The second-order valence-electron chi connectivity index (χ2n) is 5.29. The molecule has 6 nitrogen and oxygen atoms in total. The quantitative estimate of drug-likeness (QED) is 0.787. The number of rotatable bonds is 7. The van der Waals surface area contributed by atoms with Gasteiger partial charge in [-0.25, -0.2) is 0 Å². The molecule has 0 atom stereocenters. The van der Waals surface area contributed by atoms with Gasteiger partial charge in [-0.2, -0.15) is 4.98 Å². The molecule has 2 N–H and O–H groups in total. The Bertz CT molecular complexity index is 357. The number of hydrogen-bond donors (Lipinski definition) is 1. The average Bonchev–Trinajstić information content (AvgIpc) is 2.71. The fourth-order valence-electron chi connectivity index (χ4n) is 1.48. The molecule has 6 heteroatoms. The average molecular weight is 256 g/mol. The van der Waals surface area contributed by atoms with Crippen LogP contribution in [0.3, 0.4) is 0 Å². The van der Waals surface area contributed by atoms with Crippen LogP contribution in [-0.2, 0) is 16.8 Å². The van der Waals surface area contributed by atoms with Crippen LogP contribution < -0.4 is 5.73 Å². The molecule has 1 aromatic heterocycles. The summed E-state index contributed by atoms with van der Waals surface area (Å²) in [5.41, 5.74) is 5.35. The monoisotopic (exact) mass is 256 g/mol. The highest BCUT2D eigenvalue weighted by atomic mass is 16.5. The maximum atomic E-state index is 5.92. The first-order valence-corrected chi connectivity index (χ1v) is 6.19. The molecule has 0 radical (unpaired) electrons. The highest BCUT2D eigenvalue weighted by Gasteiger charge is 2.22. The molecule has 1 aromatic rings. The van der Waals surface area contributed by atoms with Crippen LogP contribution in [0.2, 0.25) is 0 Å². The summed E-state index contributed by atoms with van der Waals surface area (Å²) in [6, 6.07) is 0.390. The number of methoxy groups -OCH3 is 1. The SMILES string of the molecule is COCCN(Cc1nc(C(C)(C)N)no1)C(C)C. The topological polar surface area (TPSA) is 77.4 Å². The number of aromatic nitrogens is 2. The van der Waals surface area contributed by atoms with Crippen molar-refractivity contribution in [3.05, 3.63) is 11.7 Å². The minimum Gasteiger partial charge on any atom is -0.383 e. The van der Waals surface area contributed by atoms with E-state index in [1.165, 1.54) is 0 Å². The highest BCUT2D eigenvalue weighted by Crippen LogP contribution is 2.14. The van der Waals surface area contributed by atoms with E-state index in [1.807, 2.05) is 13.8 Å². The van der Waals surface area contributed by atoms with Crippen LogP contribution in [-0.4, -0.2) is 41.3 Å². The van der Waals surface area contributed by atoms with Gasteiger partial charge in [0.05, 0.1) is 18.7 Å². The third kappa shape index (κ3) is 4.36. The van der Waals surface area contributed by atoms with Crippen molar-refractivity contribution >= 4 is 0 Å². The predicted molar refractivity (Wildman–Crippen MR) is 68.9 cm³/mol. The molecule has 0 spiro atoms. The lowest BCUT2D eigenvalue weighted by Gasteiger charge is -2.24. The van der Waals surface area contributed by atoms with Gasteiger partial charge in [0.1, 0.15) is 0 Å². The van der Waals surface area contributed by atoms with E-state index < -0.39 is 5.54 Å². The van der Waals surface area contributed by atoms with Crippen LogP contribution in [0, 0.1) is 0 Å². The highest BCUT2D eigenvalue weighted by molar-refractivity contribution is 4.99. The summed E-state index contributed by atoms with van der Waals surface area (Å²) in [6.07, 6.45) is 0. The molecule has 0 amide bonds. The summed E-state index contributed by atoms with van der Waals surface area (Å²) in [7, 11) is 1.69. The van der Waals surface area contributed by atoms with Crippen molar-refractivity contribution in [2.45, 2.75) is 45.8 Å². The van der Waals surface area contributed by atoms with Gasteiger partial charge in [-0.15, -0.1) is 0 Å². The zero-order chi connectivity index (χ0) is 13.8. The smallest absolute Gasteiger partial charge is 0.240 e. The molecule has 0 aliphatic rings. The molecule has 0 aliphatic carbocycles. The number of ether oxygens (including phenoxy) is 1. The Morgan fingerprint density at radius 2 is 2.11 bits per heavy atom. The van der Waals surface area contributed by atoms with E-state index in [-0.39, 0.29) is 0 Å². The van der Waals surface area contributed by atoms with Crippen LogP contribution >= 0.6 is 0 Å². The Kier molecular flexibility index (Phi) is 5.25. The van der Waals surface area contributed by atoms with E-state index >= 15 is 0 Å². The molecule has 1 rings (SSSR count). The lowest BCUT2D eigenvalue weighted by atomic mass is 10.1. The molecule has 104 valence electrons. The molecular weight excluding hydrogens is 232 g/mol. The third-order valence-electron chi connectivity index (χ3n) is 2.70. The molecule has 0 bridgehead atoms. The summed E-state index contributed by atoms with van der Waals surface area (Å²) >= 11 is 0. The van der Waals surface area contributed by atoms with Gasteiger partial charge < -0.3 is 15.0 Å². The number of nitrogens with two attached hydrogens (primary N) is 1. The molecule has 1 heterocycles. The summed E-state index contributed by atoms with van der Waals surface area (Å²) in [5, 5.41) is 3.91. The molecule has 0 aromatic carbocycles. The van der Waals surface area contributed by atoms with Crippen molar-refractivity contribution in [1.29, 1.82) is 0 Å². The first-order chi connectivity index (χ1) is 8.34. The van der Waals surface area contributed by atoms with Crippen molar-refractivity contribution in [2.75, 3.05) is 20.3 Å². The minimum atomic E-state index is -0.572. The van der Waals surface area contributed by atoms with Gasteiger partial charge in [-0.3, -0.25) is 4.90 Å². The van der Waals surface area contributed by atoms with Crippen LogP contribution in [0.15, 0.2) is 4.52 Å². The van der Waals surface area contributed by atoms with E-state index in [2.05, 4.69) is 28.9 Å². The zero-order valence-corrected chi connectivity index (χ0v) is 11.9. The molecule has 0 saturated carbocycles. The summed E-state index contributed by atoms with van der Waals surface area (Å²) in [6.45, 7) is 10.1. The van der Waals surface area contributed by atoms with Gasteiger partial charge in [-0.1, -0.05) is 5.16 Å². The second kappa shape index (κ2) is 6.26. The first kappa shape index (κ1) is 15.1. The Hall–Kier alpha value is -0.980. The largest absolute Gasteiger partial charge is 0.383 e. The van der Waals surface area contributed by atoms with Gasteiger partial charge in [-0.05, 0) is 27.7 Å². The lowest BCUT2D eigenvalue weighted by molar-refractivity contribution is 0.115. The van der Waals surface area contributed by atoms with E-state index in [0.717, 1.165) is 6.54 Å². The second-order valence-corrected chi connectivity index (χ2v) is 5.29. The first-order valence-electron chi connectivity index (χ1n) is 6.19. The maximum absolute atomic E-state index is 5.92. The Labute approximate surface area is 108 Å². The molecule has 18 heavy (non-hydrogen) atoms. The molecule has 0 fully saturated rings. The van der Waals surface area contributed by atoms with Gasteiger partial charge in [0.15, 0.2) is 5.82 Å². The molecule has 0 unspecified atom stereocenters.